The third kappa shape index (κ3) is 1.71. The van der Waals surface area contributed by atoms with Gasteiger partial charge in [-0.25, -0.2) is 0 Å². The number of hydrogen-bond acceptors (Lipinski definition) is 2. The van der Waals surface area contributed by atoms with Gasteiger partial charge in [0.2, 0.25) is 0 Å². The maximum Gasteiger partial charge on any atom is 0.0204 e. The highest BCUT2D eigenvalue weighted by Crippen LogP contribution is 2.41. The molecule has 0 unspecified atom stereocenters. The molecule has 1 aliphatic heterocycles. The highest BCUT2D eigenvalue weighted by molar-refractivity contribution is 8.00. The maximum absolute atomic E-state index is 3.94. The van der Waals surface area contributed by atoms with E-state index in [4.69, 9.17) is 0 Å². The summed E-state index contributed by atoms with van der Waals surface area (Å²) in [6.07, 6.45) is 11.7. The van der Waals surface area contributed by atoms with Gasteiger partial charge in [-0.15, -0.1) is 0 Å². The van der Waals surface area contributed by atoms with Crippen molar-refractivity contribution in [2.24, 2.45) is 0 Å². The van der Waals surface area contributed by atoms with Crippen LogP contribution >= 0.6 is 11.8 Å². The third-order valence-corrected chi connectivity index (χ3v) is 6.01. The molecule has 1 N–H and O–H groups in total. The summed E-state index contributed by atoms with van der Waals surface area (Å²) in [6.45, 7) is 0. The molecule has 2 saturated carbocycles. The van der Waals surface area contributed by atoms with Crippen LogP contribution in [-0.4, -0.2) is 22.6 Å². The Balaban J connectivity index is 1.68. The number of nitrogens with one attached hydrogen (secondary N) is 1. The van der Waals surface area contributed by atoms with Gasteiger partial charge in [0.1, 0.15) is 0 Å². The van der Waals surface area contributed by atoms with Crippen LogP contribution in [0.3, 0.4) is 0 Å². The Morgan fingerprint density at radius 2 is 1.21 bits per heavy atom. The average molecular weight is 211 g/mol. The zero-order chi connectivity index (χ0) is 9.38. The lowest BCUT2D eigenvalue weighted by atomic mass is 9.89. The fourth-order valence-electron chi connectivity index (χ4n) is 3.40. The van der Waals surface area contributed by atoms with Crippen LogP contribution in [0.15, 0.2) is 0 Å². The molecule has 0 aromatic heterocycles. The molecule has 4 atom stereocenters. The van der Waals surface area contributed by atoms with Crippen LogP contribution in [0.25, 0.3) is 0 Å². The molecule has 80 valence electrons. The standard InChI is InChI=1S/C12H21NS/c1-3-7-11-9(5-1)13-10-6-2-4-8-12(10)14-11/h9-13H,1-8H2/t9-,10+,11-,12+. The Morgan fingerprint density at radius 3 is 1.79 bits per heavy atom. The van der Waals surface area contributed by atoms with Crippen LogP contribution in [0.4, 0.5) is 0 Å². The highest BCUT2D eigenvalue weighted by atomic mass is 32.2. The average Bonchev–Trinajstić information content (AvgIpc) is 2.26. The summed E-state index contributed by atoms with van der Waals surface area (Å²) < 4.78 is 0. The van der Waals surface area contributed by atoms with Crippen LogP contribution in [-0.2, 0) is 0 Å². The second-order valence-electron chi connectivity index (χ2n) is 5.16. The maximum atomic E-state index is 3.94. The molecule has 3 aliphatic rings. The van der Waals surface area contributed by atoms with Gasteiger partial charge in [0.25, 0.3) is 0 Å². The Kier molecular flexibility index (Phi) is 2.76. The lowest BCUT2D eigenvalue weighted by molar-refractivity contribution is 0.284. The van der Waals surface area contributed by atoms with Gasteiger partial charge in [0.15, 0.2) is 0 Å². The summed E-state index contributed by atoms with van der Waals surface area (Å²) in [4.78, 5) is 0. The van der Waals surface area contributed by atoms with Crippen molar-refractivity contribution in [2.75, 3.05) is 0 Å². The van der Waals surface area contributed by atoms with Gasteiger partial charge in [-0.05, 0) is 25.7 Å². The van der Waals surface area contributed by atoms with E-state index in [-0.39, 0.29) is 0 Å². The quantitative estimate of drug-likeness (QED) is 0.661. The van der Waals surface area contributed by atoms with Crippen molar-refractivity contribution in [3.05, 3.63) is 0 Å². The summed E-state index contributed by atoms with van der Waals surface area (Å²) >= 11 is 2.34. The van der Waals surface area contributed by atoms with Crippen molar-refractivity contribution in [1.29, 1.82) is 0 Å². The SMILES string of the molecule is C1CC[C@@H]2S[C@@H]3CCCC[C@H]3N[C@H]2C1. The van der Waals surface area contributed by atoms with E-state index < -0.39 is 0 Å². The molecule has 0 amide bonds. The molecule has 1 nitrogen and oxygen atoms in total. The first-order chi connectivity index (χ1) is 6.93. The minimum absolute atomic E-state index is 0.869. The highest BCUT2D eigenvalue weighted by Gasteiger charge is 2.38. The number of fused-ring (bicyclic) bond motifs is 2. The zero-order valence-electron chi connectivity index (χ0n) is 8.87. The molecule has 3 fully saturated rings. The second kappa shape index (κ2) is 4.05. The predicted octanol–water partition coefficient (Wildman–Crippen LogP) is 2.95. The normalized spacial score (nSPS) is 48.0. The summed E-state index contributed by atoms with van der Waals surface area (Å²) in [5.41, 5.74) is 0. The lowest BCUT2D eigenvalue weighted by Crippen LogP contribution is -2.56. The molecular weight excluding hydrogens is 190 g/mol. The molecule has 2 aliphatic carbocycles. The number of thioether (sulfide) groups is 1. The van der Waals surface area contributed by atoms with E-state index in [0.717, 1.165) is 22.6 Å². The zero-order valence-corrected chi connectivity index (χ0v) is 9.69. The van der Waals surface area contributed by atoms with Crippen LogP contribution in [0.1, 0.15) is 51.4 Å². The van der Waals surface area contributed by atoms with Crippen molar-refractivity contribution in [3.63, 3.8) is 0 Å². The van der Waals surface area contributed by atoms with Crippen LogP contribution < -0.4 is 5.32 Å². The van der Waals surface area contributed by atoms with Gasteiger partial charge < -0.3 is 5.32 Å². The molecule has 14 heavy (non-hydrogen) atoms. The van der Waals surface area contributed by atoms with Crippen molar-refractivity contribution < 1.29 is 0 Å². The molecular formula is C12H21NS. The van der Waals surface area contributed by atoms with E-state index in [1.165, 1.54) is 51.4 Å². The molecule has 0 spiro atoms. The van der Waals surface area contributed by atoms with Gasteiger partial charge in [-0.3, -0.25) is 0 Å². The van der Waals surface area contributed by atoms with E-state index in [0.29, 0.717) is 0 Å². The summed E-state index contributed by atoms with van der Waals surface area (Å²) in [5, 5.41) is 5.86. The van der Waals surface area contributed by atoms with Crippen LogP contribution in [0.5, 0.6) is 0 Å². The first kappa shape index (κ1) is 9.53. The van der Waals surface area contributed by atoms with E-state index in [9.17, 15) is 0 Å². The molecule has 2 heteroatoms. The molecule has 0 bridgehead atoms. The Labute approximate surface area is 91.4 Å². The Morgan fingerprint density at radius 1 is 0.714 bits per heavy atom. The van der Waals surface area contributed by atoms with E-state index in [2.05, 4.69) is 17.1 Å². The topological polar surface area (TPSA) is 12.0 Å². The molecule has 0 aromatic rings. The largest absolute Gasteiger partial charge is 0.309 e. The lowest BCUT2D eigenvalue weighted by Gasteiger charge is -2.46. The monoisotopic (exact) mass is 211 g/mol. The first-order valence-electron chi connectivity index (χ1n) is 6.35. The van der Waals surface area contributed by atoms with Crippen molar-refractivity contribution in [1.82, 2.24) is 5.32 Å². The molecule has 3 rings (SSSR count). The van der Waals surface area contributed by atoms with Crippen LogP contribution in [0.2, 0.25) is 0 Å². The Bertz CT molecular complexity index is 164. The molecule has 1 saturated heterocycles. The first-order valence-corrected chi connectivity index (χ1v) is 7.29. The third-order valence-electron chi connectivity index (χ3n) is 4.18. The fraction of sp³-hybridized carbons (Fsp3) is 1.00. The van der Waals surface area contributed by atoms with Crippen LogP contribution in [0, 0.1) is 0 Å². The summed E-state index contributed by atoms with van der Waals surface area (Å²) in [5.74, 6) is 0. The minimum atomic E-state index is 0.869. The van der Waals surface area contributed by atoms with Gasteiger partial charge in [0.05, 0.1) is 0 Å². The van der Waals surface area contributed by atoms with Crippen molar-refractivity contribution in [2.45, 2.75) is 74.0 Å². The van der Waals surface area contributed by atoms with E-state index >= 15 is 0 Å². The fourth-order valence-corrected chi connectivity index (χ4v) is 5.26. The number of rotatable bonds is 0. The molecule has 0 radical (unpaired) electrons. The molecule has 0 aromatic carbocycles. The van der Waals surface area contributed by atoms with Gasteiger partial charge in [0, 0.05) is 22.6 Å². The Hall–Kier alpha value is 0.310. The number of hydrogen-bond donors (Lipinski definition) is 1. The second-order valence-corrected chi connectivity index (χ2v) is 6.64. The van der Waals surface area contributed by atoms with E-state index in [1.54, 1.807) is 0 Å². The van der Waals surface area contributed by atoms with E-state index in [1.807, 2.05) is 0 Å². The van der Waals surface area contributed by atoms with Crippen molar-refractivity contribution in [3.8, 4) is 0 Å². The van der Waals surface area contributed by atoms with Gasteiger partial charge in [-0.1, -0.05) is 25.7 Å². The predicted molar refractivity (Wildman–Crippen MR) is 62.8 cm³/mol. The minimum Gasteiger partial charge on any atom is -0.309 e. The van der Waals surface area contributed by atoms with Gasteiger partial charge in [-0.2, -0.15) is 11.8 Å². The summed E-state index contributed by atoms with van der Waals surface area (Å²) in [7, 11) is 0. The summed E-state index contributed by atoms with van der Waals surface area (Å²) in [6, 6.07) is 1.74. The smallest absolute Gasteiger partial charge is 0.0204 e. The van der Waals surface area contributed by atoms with Crippen molar-refractivity contribution >= 4 is 11.8 Å². The molecule has 1 heterocycles. The van der Waals surface area contributed by atoms with Gasteiger partial charge >= 0.3 is 0 Å².